The van der Waals surface area contributed by atoms with Crippen molar-refractivity contribution in [3.63, 3.8) is 0 Å². The van der Waals surface area contributed by atoms with Gasteiger partial charge in [0.15, 0.2) is 0 Å². The molecule has 0 radical (unpaired) electrons. The van der Waals surface area contributed by atoms with E-state index in [0.29, 0.717) is 30.9 Å². The van der Waals surface area contributed by atoms with E-state index in [0.717, 1.165) is 62.2 Å². The lowest BCUT2D eigenvalue weighted by molar-refractivity contribution is -0.384. The normalized spacial score (nSPS) is 26.1. The van der Waals surface area contributed by atoms with Crippen molar-refractivity contribution in [2.45, 2.75) is 62.7 Å². The second-order valence-electron chi connectivity index (χ2n) is 14.4. The van der Waals surface area contributed by atoms with Crippen molar-refractivity contribution in [2.24, 2.45) is 22.9 Å². The van der Waals surface area contributed by atoms with Gasteiger partial charge in [-0.05, 0) is 73.4 Å². The van der Waals surface area contributed by atoms with E-state index in [2.05, 4.69) is 28.8 Å². The Bertz CT molecular complexity index is 1700. The quantitative estimate of drug-likeness (QED) is 0.0597. The number of nitrogens with zero attached hydrogens (tertiary/aromatic N) is 4. The summed E-state index contributed by atoms with van der Waals surface area (Å²) in [5.41, 5.74) is 2.43. The van der Waals surface area contributed by atoms with E-state index in [-0.39, 0.29) is 55.4 Å². The molecule has 0 aromatic heterocycles. The van der Waals surface area contributed by atoms with Crippen molar-refractivity contribution in [1.82, 2.24) is 9.80 Å². The van der Waals surface area contributed by atoms with Crippen LogP contribution in [0.25, 0.3) is 0 Å². The van der Waals surface area contributed by atoms with Crippen molar-refractivity contribution < 1.29 is 43.7 Å². The molecule has 1 saturated heterocycles. The number of hydrogen-bond acceptors (Lipinski definition) is 12. The minimum Gasteiger partial charge on any atom is -0.492 e. The number of hydrogen-bond donors (Lipinski definition) is 2. The largest absolute Gasteiger partial charge is 0.492 e. The molecule has 2 aliphatic heterocycles. The monoisotopic (exact) mass is 748 g/mol. The van der Waals surface area contributed by atoms with E-state index in [1.54, 1.807) is 13.1 Å². The highest BCUT2D eigenvalue weighted by Gasteiger charge is 2.65. The Morgan fingerprint density at radius 3 is 2.50 bits per heavy atom. The summed E-state index contributed by atoms with van der Waals surface area (Å²) in [6, 6.07) is 10.5. The zero-order valence-electron chi connectivity index (χ0n) is 31.1. The van der Waals surface area contributed by atoms with Crippen molar-refractivity contribution in [1.29, 1.82) is 0 Å². The molecular weight excluding hydrogens is 696 g/mol. The Balaban J connectivity index is 1.47. The van der Waals surface area contributed by atoms with Gasteiger partial charge in [-0.25, -0.2) is 4.79 Å². The third-order valence-corrected chi connectivity index (χ3v) is 11.1. The highest BCUT2D eigenvalue weighted by atomic mass is 16.7. The van der Waals surface area contributed by atoms with E-state index in [4.69, 9.17) is 23.8 Å². The molecule has 6 rings (SSSR count). The number of nitro groups is 1. The first-order valence-electron chi connectivity index (χ1n) is 18.9. The minimum atomic E-state index is -1.43. The lowest BCUT2D eigenvalue weighted by Gasteiger charge is -2.59. The van der Waals surface area contributed by atoms with E-state index >= 15 is 0 Å². The number of likely N-dealkylation sites (N-methyl/N-ethyl adjacent to an activating group) is 1. The predicted molar refractivity (Wildman–Crippen MR) is 201 cm³/mol. The highest BCUT2D eigenvalue weighted by molar-refractivity contribution is 6.03. The summed E-state index contributed by atoms with van der Waals surface area (Å²) in [6.45, 7) is 7.84. The number of rotatable bonds is 19. The first kappa shape index (κ1) is 39.2. The van der Waals surface area contributed by atoms with Crippen LogP contribution in [0.1, 0.15) is 56.4 Å². The number of benzene rings is 2. The molecule has 2 N–H and O–H groups in total. The highest BCUT2D eigenvalue weighted by Crippen LogP contribution is 2.61. The number of nitro benzene ring substituents is 1. The number of unbranched alkanes of at least 4 members (excludes halogenated alkanes) is 2. The first-order chi connectivity index (χ1) is 26.2. The number of carbonyl (C=O) groups excluding carboxylic acids is 1. The molecule has 2 heterocycles. The maximum Gasteiger partial charge on any atom is 0.415 e. The number of fused-ring (bicyclic) bond motifs is 2. The number of amides is 1. The van der Waals surface area contributed by atoms with Crippen LogP contribution in [0.3, 0.4) is 0 Å². The third kappa shape index (κ3) is 8.41. The Labute approximate surface area is 316 Å². The summed E-state index contributed by atoms with van der Waals surface area (Å²) in [5, 5.41) is 35.3. The lowest BCUT2D eigenvalue weighted by Crippen LogP contribution is -2.69. The topological polar surface area (TPSA) is 165 Å². The molecule has 1 amide bonds. The van der Waals surface area contributed by atoms with Crippen molar-refractivity contribution >= 4 is 17.5 Å². The second-order valence-corrected chi connectivity index (χ2v) is 14.4. The van der Waals surface area contributed by atoms with Gasteiger partial charge in [0, 0.05) is 69.9 Å². The Morgan fingerprint density at radius 1 is 1.11 bits per heavy atom. The lowest BCUT2D eigenvalue weighted by atomic mass is 9.55. The van der Waals surface area contributed by atoms with E-state index < -0.39 is 28.8 Å². The van der Waals surface area contributed by atoms with Gasteiger partial charge < -0.3 is 38.9 Å². The van der Waals surface area contributed by atoms with Gasteiger partial charge in [-0.3, -0.25) is 15.0 Å². The minimum absolute atomic E-state index is 0.0751. The van der Waals surface area contributed by atoms with Gasteiger partial charge in [-0.2, -0.15) is 0 Å². The van der Waals surface area contributed by atoms with Crippen LogP contribution in [0.15, 0.2) is 71.9 Å². The van der Waals surface area contributed by atoms with Gasteiger partial charge >= 0.3 is 6.09 Å². The van der Waals surface area contributed by atoms with Crippen LogP contribution in [0.2, 0.25) is 0 Å². The molecule has 4 aliphatic rings. The molecule has 292 valence electrons. The Morgan fingerprint density at radius 2 is 1.83 bits per heavy atom. The van der Waals surface area contributed by atoms with Gasteiger partial charge in [0.25, 0.3) is 5.69 Å². The maximum atomic E-state index is 14.0. The van der Waals surface area contributed by atoms with Crippen molar-refractivity contribution in [3.05, 3.63) is 82.4 Å². The van der Waals surface area contributed by atoms with Gasteiger partial charge in [-0.1, -0.05) is 30.1 Å². The van der Waals surface area contributed by atoms with Crippen LogP contribution in [0.4, 0.5) is 10.5 Å². The molecule has 2 fully saturated rings. The summed E-state index contributed by atoms with van der Waals surface area (Å²) in [4.78, 5) is 33.9. The first-order valence-corrected chi connectivity index (χ1v) is 18.9. The molecule has 54 heavy (non-hydrogen) atoms. The third-order valence-electron chi connectivity index (χ3n) is 11.1. The molecule has 0 unspecified atom stereocenters. The average Bonchev–Trinajstić information content (AvgIpc) is 4.00. The number of oxime groups is 1. The number of ether oxygens (including phenoxy) is 4. The molecular formula is C40H52N4O10. The Kier molecular flexibility index (Phi) is 12.9. The smallest absolute Gasteiger partial charge is 0.415 e. The molecule has 0 bridgehead atoms. The molecule has 14 nitrogen and oxygen atoms in total. The number of carbonyl (C=O) groups is 1. The summed E-state index contributed by atoms with van der Waals surface area (Å²) in [7, 11) is 3.12. The van der Waals surface area contributed by atoms with E-state index in [1.807, 2.05) is 12.1 Å². The van der Waals surface area contributed by atoms with Crippen molar-refractivity contribution in [2.75, 3.05) is 60.2 Å². The molecule has 2 aliphatic carbocycles. The standard InChI is InChI=1S/C40H52N4O10/c1-4-22-52-40-36(42(2)39(47)53-29-13-11-28(12-14-29)44(48)49)26-34(41-50-3)32-24-27(9-5-7-20-45)31(10-6-8-21-46)37(38(32)40)33-25-30(15-16-35(33)54-40)51-23-19-43-17-18-43/h4,11-16,24-25,27,31,36-38,45-46H,1,5-10,17-23,26H2,2-3H3/t27-,31+,36-,37+,38+,40+/m0/s1. The summed E-state index contributed by atoms with van der Waals surface area (Å²) >= 11 is 0. The van der Waals surface area contributed by atoms with Crippen molar-refractivity contribution in [3.8, 4) is 17.2 Å². The molecule has 14 heteroatoms. The molecule has 0 spiro atoms. The second kappa shape index (κ2) is 17.8. The van der Waals surface area contributed by atoms with Crippen LogP contribution in [-0.4, -0.2) is 109 Å². The fraction of sp³-hybridized carbons (Fsp3) is 0.550. The molecule has 2 aromatic rings. The van der Waals surface area contributed by atoms with E-state index in [1.165, 1.54) is 36.3 Å². The van der Waals surface area contributed by atoms with Crippen LogP contribution < -0.4 is 14.2 Å². The SMILES string of the molecule is C=CCO[C@@]12Oc3ccc(OCCN4CC4)cc3[C@H]3[C@H](CCCCO)[C@@H](CCCCO)C=C(C(=NOC)C[C@@H]1N(C)C(=O)Oc1ccc([N+](=O)[O-])cc1)[C@H]32. The number of aliphatic hydroxyl groups is 2. The maximum absolute atomic E-state index is 14.0. The van der Waals surface area contributed by atoms with Gasteiger partial charge in [0.05, 0.1) is 23.2 Å². The van der Waals surface area contributed by atoms with Gasteiger partial charge in [-0.15, -0.1) is 6.58 Å². The van der Waals surface area contributed by atoms with Crippen LogP contribution in [0.5, 0.6) is 17.2 Å². The van der Waals surface area contributed by atoms with Gasteiger partial charge in [0.2, 0.25) is 5.79 Å². The molecule has 2 aromatic carbocycles. The number of non-ortho nitro benzene ring substituents is 1. The zero-order valence-corrected chi connectivity index (χ0v) is 31.1. The number of allylic oxidation sites excluding steroid dienone is 1. The summed E-state index contributed by atoms with van der Waals surface area (Å²) < 4.78 is 26.0. The average molecular weight is 749 g/mol. The molecule has 6 atom stereocenters. The number of aliphatic hydroxyl groups excluding tert-OH is 2. The summed E-state index contributed by atoms with van der Waals surface area (Å²) in [6.07, 6.45) is 8.05. The molecule has 1 saturated carbocycles. The van der Waals surface area contributed by atoms with Crippen LogP contribution in [0, 0.1) is 27.9 Å². The van der Waals surface area contributed by atoms with Crippen LogP contribution in [-0.2, 0) is 9.57 Å². The van der Waals surface area contributed by atoms with Crippen LogP contribution >= 0.6 is 0 Å². The summed E-state index contributed by atoms with van der Waals surface area (Å²) in [5.74, 6) is -0.397. The fourth-order valence-corrected chi connectivity index (χ4v) is 8.45. The Hall–Kier alpha value is -4.50. The zero-order chi connectivity index (χ0) is 38.2. The van der Waals surface area contributed by atoms with E-state index in [9.17, 15) is 25.1 Å². The van der Waals surface area contributed by atoms with Gasteiger partial charge in [0.1, 0.15) is 37.0 Å². The predicted octanol–water partition coefficient (Wildman–Crippen LogP) is 5.68. The fourth-order valence-electron chi connectivity index (χ4n) is 8.45.